The Morgan fingerprint density at radius 2 is 1.87 bits per heavy atom. The van der Waals surface area contributed by atoms with Crippen molar-refractivity contribution in [2.45, 2.75) is 25.7 Å². The van der Waals surface area contributed by atoms with Gasteiger partial charge in [0.05, 0.1) is 0 Å². The van der Waals surface area contributed by atoms with E-state index in [1.54, 1.807) is 0 Å². The molecule has 0 fully saturated rings. The average molecular weight is 224 g/mol. The molecule has 2 aromatic rings. The summed E-state index contributed by atoms with van der Waals surface area (Å²) in [6.45, 7) is 0. The first-order chi connectivity index (χ1) is 7.27. The molecule has 0 aromatic carbocycles. The zero-order valence-electron chi connectivity index (χ0n) is 8.07. The van der Waals surface area contributed by atoms with Crippen LogP contribution < -0.4 is 5.73 Å². The Hall–Kier alpha value is -1.36. The van der Waals surface area contributed by atoms with Gasteiger partial charge in [0.25, 0.3) is 0 Å². The number of aromatic nitrogens is 4. The van der Waals surface area contributed by atoms with Crippen LogP contribution >= 0.6 is 11.6 Å². The summed E-state index contributed by atoms with van der Waals surface area (Å²) in [6, 6.07) is 0. The Balaban J connectivity index is 2.40. The van der Waals surface area contributed by atoms with Crippen LogP contribution in [0.15, 0.2) is 0 Å². The minimum absolute atomic E-state index is 0.292. The molecule has 0 amide bonds. The molecule has 0 saturated heterocycles. The third-order valence-electron chi connectivity index (χ3n) is 2.84. The number of anilines is 1. The Labute approximate surface area is 91.2 Å². The molecule has 1 aliphatic carbocycles. The van der Waals surface area contributed by atoms with E-state index in [-0.39, 0.29) is 0 Å². The molecule has 0 spiro atoms. The molecule has 0 unspecified atom stereocenters. The predicted octanol–water partition coefficient (Wildman–Crippen LogP) is 1.24. The van der Waals surface area contributed by atoms with Crippen LogP contribution in [-0.2, 0) is 12.8 Å². The molecule has 0 bridgehead atoms. The fraction of sp³-hybridized carbons (Fsp3) is 0.444. The fourth-order valence-electron chi connectivity index (χ4n) is 2.11. The number of halogens is 1. The second-order valence-electron chi connectivity index (χ2n) is 3.75. The summed E-state index contributed by atoms with van der Waals surface area (Å²) in [7, 11) is 0. The molecule has 15 heavy (non-hydrogen) atoms. The van der Waals surface area contributed by atoms with Gasteiger partial charge in [-0.2, -0.15) is 9.61 Å². The minimum Gasteiger partial charge on any atom is -0.366 e. The van der Waals surface area contributed by atoms with E-state index in [4.69, 9.17) is 17.3 Å². The maximum Gasteiger partial charge on any atom is 0.243 e. The van der Waals surface area contributed by atoms with Crippen molar-refractivity contribution in [3.8, 4) is 0 Å². The van der Waals surface area contributed by atoms with Crippen LogP contribution in [0, 0.1) is 0 Å². The molecule has 0 aliphatic heterocycles. The van der Waals surface area contributed by atoms with E-state index in [0.717, 1.165) is 42.5 Å². The van der Waals surface area contributed by atoms with Crippen LogP contribution in [0.5, 0.6) is 0 Å². The van der Waals surface area contributed by atoms with Crippen molar-refractivity contribution in [3.63, 3.8) is 0 Å². The number of rotatable bonds is 0. The Kier molecular flexibility index (Phi) is 1.82. The lowest BCUT2D eigenvalue weighted by Crippen LogP contribution is -2.10. The molecule has 5 nitrogen and oxygen atoms in total. The number of nitrogen functional groups attached to an aromatic ring is 1. The van der Waals surface area contributed by atoms with Gasteiger partial charge in [-0.15, -0.1) is 10.2 Å². The summed E-state index contributed by atoms with van der Waals surface area (Å²) in [5.41, 5.74) is 8.67. The van der Waals surface area contributed by atoms with Crippen LogP contribution in [0.3, 0.4) is 0 Å². The zero-order chi connectivity index (χ0) is 10.4. The van der Waals surface area contributed by atoms with Gasteiger partial charge in [0, 0.05) is 5.56 Å². The van der Waals surface area contributed by atoms with Gasteiger partial charge in [0.1, 0.15) is 0 Å². The number of aryl methyl sites for hydroxylation is 1. The van der Waals surface area contributed by atoms with Gasteiger partial charge < -0.3 is 5.73 Å². The largest absolute Gasteiger partial charge is 0.366 e. The van der Waals surface area contributed by atoms with E-state index in [1.807, 2.05) is 0 Å². The quantitative estimate of drug-likeness (QED) is 0.730. The normalized spacial score (nSPS) is 15.5. The first-order valence-electron chi connectivity index (χ1n) is 4.95. The first kappa shape index (κ1) is 8.91. The van der Waals surface area contributed by atoms with E-state index in [9.17, 15) is 0 Å². The fourth-order valence-corrected chi connectivity index (χ4v) is 2.39. The average Bonchev–Trinajstić information content (AvgIpc) is 2.62. The van der Waals surface area contributed by atoms with Gasteiger partial charge >= 0.3 is 0 Å². The van der Waals surface area contributed by atoms with Gasteiger partial charge in [-0.1, -0.05) is 11.6 Å². The Morgan fingerprint density at radius 3 is 2.67 bits per heavy atom. The topological polar surface area (TPSA) is 69.1 Å². The first-order valence-corrected chi connectivity index (χ1v) is 5.33. The van der Waals surface area contributed by atoms with Crippen molar-refractivity contribution in [3.05, 3.63) is 16.3 Å². The number of nitrogens with zero attached hydrogens (tertiary/aromatic N) is 4. The molecule has 78 valence electrons. The van der Waals surface area contributed by atoms with Gasteiger partial charge in [-0.25, -0.2) is 0 Å². The summed E-state index contributed by atoms with van der Waals surface area (Å²) < 4.78 is 1.52. The summed E-state index contributed by atoms with van der Waals surface area (Å²) >= 11 is 6.11. The molecule has 0 atom stereocenters. The van der Waals surface area contributed by atoms with Crippen molar-refractivity contribution in [2.24, 2.45) is 0 Å². The smallest absolute Gasteiger partial charge is 0.243 e. The molecule has 2 heterocycles. The van der Waals surface area contributed by atoms with Crippen molar-refractivity contribution < 1.29 is 0 Å². The molecule has 0 saturated carbocycles. The minimum atomic E-state index is 0.292. The summed E-state index contributed by atoms with van der Waals surface area (Å²) in [4.78, 5) is 0. The lowest BCUT2D eigenvalue weighted by atomic mass is 9.94. The van der Waals surface area contributed by atoms with Crippen molar-refractivity contribution in [1.29, 1.82) is 0 Å². The van der Waals surface area contributed by atoms with Gasteiger partial charge in [0.2, 0.25) is 5.95 Å². The van der Waals surface area contributed by atoms with E-state index in [1.165, 1.54) is 4.52 Å². The summed E-state index contributed by atoms with van der Waals surface area (Å²) in [6.07, 6.45) is 4.29. The third-order valence-corrected chi connectivity index (χ3v) is 3.14. The monoisotopic (exact) mass is 223 g/mol. The van der Waals surface area contributed by atoms with Gasteiger partial charge in [-0.05, 0) is 31.2 Å². The molecular weight excluding hydrogens is 214 g/mol. The lowest BCUT2D eigenvalue weighted by Gasteiger charge is -2.16. The summed E-state index contributed by atoms with van der Waals surface area (Å²) in [5, 5.41) is 12.6. The highest BCUT2D eigenvalue weighted by Crippen LogP contribution is 2.29. The van der Waals surface area contributed by atoms with E-state index < -0.39 is 0 Å². The maximum absolute atomic E-state index is 6.11. The molecule has 2 N–H and O–H groups in total. The van der Waals surface area contributed by atoms with Crippen LogP contribution in [0.25, 0.3) is 5.65 Å². The van der Waals surface area contributed by atoms with E-state index in [0.29, 0.717) is 11.1 Å². The highest BCUT2D eigenvalue weighted by atomic mass is 35.5. The standard InChI is InChI=1S/C9H10ClN5/c10-7-5-3-1-2-4-6(5)8-12-13-9(11)15(8)14-7/h1-4H2,(H2,11,13). The Bertz CT molecular complexity index is 533. The van der Waals surface area contributed by atoms with Crippen LogP contribution in [0.2, 0.25) is 5.15 Å². The maximum atomic E-state index is 6.11. The number of hydrogen-bond donors (Lipinski definition) is 1. The number of fused-ring (bicyclic) bond motifs is 3. The highest BCUT2D eigenvalue weighted by Gasteiger charge is 2.19. The zero-order valence-corrected chi connectivity index (χ0v) is 8.83. The molecule has 0 radical (unpaired) electrons. The van der Waals surface area contributed by atoms with E-state index in [2.05, 4.69) is 15.3 Å². The van der Waals surface area contributed by atoms with Gasteiger partial charge in [0.15, 0.2) is 10.8 Å². The lowest BCUT2D eigenvalue weighted by molar-refractivity contribution is 0.676. The van der Waals surface area contributed by atoms with Crippen LogP contribution in [0.1, 0.15) is 24.0 Å². The van der Waals surface area contributed by atoms with Crippen molar-refractivity contribution in [2.75, 3.05) is 5.73 Å². The van der Waals surface area contributed by atoms with Crippen LogP contribution in [-0.4, -0.2) is 19.8 Å². The van der Waals surface area contributed by atoms with Crippen molar-refractivity contribution in [1.82, 2.24) is 19.8 Å². The second kappa shape index (κ2) is 3.06. The molecule has 1 aliphatic rings. The Morgan fingerprint density at radius 1 is 1.13 bits per heavy atom. The molecule has 6 heteroatoms. The predicted molar refractivity (Wildman–Crippen MR) is 56.8 cm³/mol. The molecular formula is C9H10ClN5. The SMILES string of the molecule is Nc1nnc2c3c(c(Cl)nn12)CCCC3. The summed E-state index contributed by atoms with van der Waals surface area (Å²) in [5.74, 6) is 0.292. The number of nitrogens with two attached hydrogens (primary N) is 1. The molecule has 3 rings (SSSR count). The third kappa shape index (κ3) is 1.19. The van der Waals surface area contributed by atoms with Crippen LogP contribution in [0.4, 0.5) is 5.95 Å². The van der Waals surface area contributed by atoms with E-state index >= 15 is 0 Å². The molecule has 2 aromatic heterocycles. The van der Waals surface area contributed by atoms with Crippen molar-refractivity contribution >= 4 is 23.2 Å². The number of hydrogen-bond acceptors (Lipinski definition) is 4. The highest BCUT2D eigenvalue weighted by molar-refractivity contribution is 6.30. The second-order valence-corrected chi connectivity index (χ2v) is 4.11. The van der Waals surface area contributed by atoms with Gasteiger partial charge in [-0.3, -0.25) is 0 Å².